The van der Waals surface area contributed by atoms with Crippen molar-refractivity contribution in [2.24, 2.45) is 0 Å². The number of anilines is 3. The topological polar surface area (TPSA) is 20.3 Å². The first-order chi connectivity index (χ1) is 12.4. The van der Waals surface area contributed by atoms with E-state index in [4.69, 9.17) is 0 Å². The van der Waals surface area contributed by atoms with E-state index in [1.54, 1.807) is 0 Å². The van der Waals surface area contributed by atoms with Gasteiger partial charge in [0.15, 0.2) is 0 Å². The van der Waals surface area contributed by atoms with Crippen molar-refractivity contribution in [1.82, 2.24) is 0 Å². The van der Waals surface area contributed by atoms with E-state index in [9.17, 15) is 4.79 Å². The second-order valence-electron chi connectivity index (χ2n) is 8.29. The van der Waals surface area contributed by atoms with E-state index in [1.165, 1.54) is 38.2 Å². The molecule has 0 spiro atoms. The SMILES string of the molecule is CC1(C)c2ccccc2N2c3[se]c(C=O)cc3C(C)(C)c3cccc1c32. The molecular weight excluding hydrogens is 385 g/mol. The number of benzene rings is 2. The van der Waals surface area contributed by atoms with Gasteiger partial charge in [0.05, 0.1) is 0 Å². The third-order valence-corrected chi connectivity index (χ3v) is 8.34. The Morgan fingerprint density at radius 1 is 0.846 bits per heavy atom. The van der Waals surface area contributed by atoms with Crippen molar-refractivity contribution in [3.63, 3.8) is 0 Å². The van der Waals surface area contributed by atoms with Crippen LogP contribution in [0.25, 0.3) is 0 Å². The zero-order valence-corrected chi connectivity index (χ0v) is 17.2. The number of aldehydes is 1. The van der Waals surface area contributed by atoms with Crippen molar-refractivity contribution < 1.29 is 4.79 Å². The van der Waals surface area contributed by atoms with Gasteiger partial charge in [0, 0.05) is 0 Å². The van der Waals surface area contributed by atoms with Gasteiger partial charge in [-0.3, -0.25) is 0 Å². The zero-order chi connectivity index (χ0) is 18.3. The van der Waals surface area contributed by atoms with Crippen LogP contribution in [0.3, 0.4) is 0 Å². The molecule has 2 aliphatic heterocycles. The molecule has 0 aliphatic carbocycles. The van der Waals surface area contributed by atoms with Crippen LogP contribution in [0.15, 0.2) is 48.5 Å². The standard InChI is InChI=1S/C23H21NOSe/c1-22(2)15-8-5-6-11-19(15)24-20-16(22)9-7-10-17(20)23(3,4)18-12-14(13-25)26-21(18)24/h5-13H,1-4H3. The molecule has 0 atom stereocenters. The van der Waals surface area contributed by atoms with Gasteiger partial charge in [-0.15, -0.1) is 0 Å². The first-order valence-corrected chi connectivity index (χ1v) is 10.7. The van der Waals surface area contributed by atoms with Gasteiger partial charge in [0.1, 0.15) is 0 Å². The zero-order valence-electron chi connectivity index (χ0n) is 15.5. The minimum absolute atomic E-state index is 0.0426. The summed E-state index contributed by atoms with van der Waals surface area (Å²) in [4.78, 5) is 14.0. The molecule has 1 aromatic heterocycles. The molecule has 26 heavy (non-hydrogen) atoms. The van der Waals surface area contributed by atoms with E-state index in [-0.39, 0.29) is 25.3 Å². The van der Waals surface area contributed by atoms with Crippen LogP contribution < -0.4 is 4.90 Å². The number of nitrogens with zero attached hydrogens (tertiary/aromatic N) is 1. The number of carbonyl (C=O) groups excluding carboxylic acids is 1. The fourth-order valence-electron chi connectivity index (χ4n) is 4.68. The minimum atomic E-state index is -0.0912. The molecule has 2 nitrogen and oxygen atoms in total. The fraction of sp³-hybridized carbons (Fsp3) is 0.261. The third-order valence-electron chi connectivity index (χ3n) is 6.15. The third kappa shape index (κ3) is 1.80. The molecule has 130 valence electrons. The summed E-state index contributed by atoms with van der Waals surface area (Å²) in [6.07, 6.45) is 1.04. The Morgan fingerprint density at radius 3 is 2.15 bits per heavy atom. The summed E-state index contributed by atoms with van der Waals surface area (Å²) in [6.45, 7) is 9.24. The summed E-state index contributed by atoms with van der Waals surface area (Å²) >= 11 is 0.0494. The van der Waals surface area contributed by atoms with Gasteiger partial charge >= 0.3 is 160 Å². The Hall–Kier alpha value is -2.09. The first kappa shape index (κ1) is 16.1. The predicted octanol–water partition coefficient (Wildman–Crippen LogP) is 5.30. The average Bonchev–Trinajstić information content (AvgIpc) is 3.07. The van der Waals surface area contributed by atoms with Crippen molar-refractivity contribution in [2.45, 2.75) is 38.5 Å². The van der Waals surface area contributed by atoms with Crippen LogP contribution in [0.5, 0.6) is 0 Å². The fourth-order valence-corrected chi connectivity index (χ4v) is 7.10. The summed E-state index contributed by atoms with van der Waals surface area (Å²) in [7, 11) is 0. The maximum absolute atomic E-state index is 11.6. The Kier molecular flexibility index (Phi) is 3.10. The maximum atomic E-state index is 11.6. The summed E-state index contributed by atoms with van der Waals surface area (Å²) in [5, 5.41) is 0. The van der Waals surface area contributed by atoms with Crippen LogP contribution in [0.4, 0.5) is 15.9 Å². The number of carbonyl (C=O) groups is 1. The molecule has 3 aromatic rings. The number of para-hydroxylation sites is 2. The molecule has 3 heteroatoms. The summed E-state index contributed by atoms with van der Waals surface area (Å²) in [5.74, 6) is 0. The molecular formula is C23H21NOSe. The van der Waals surface area contributed by atoms with Crippen LogP contribution >= 0.6 is 0 Å². The Balaban J connectivity index is 1.95. The number of rotatable bonds is 1. The Morgan fingerprint density at radius 2 is 1.46 bits per heavy atom. The monoisotopic (exact) mass is 407 g/mol. The summed E-state index contributed by atoms with van der Waals surface area (Å²) in [6, 6.07) is 17.6. The van der Waals surface area contributed by atoms with E-state index in [0.29, 0.717) is 0 Å². The molecule has 0 fully saturated rings. The number of hydrogen-bond acceptors (Lipinski definition) is 2. The van der Waals surface area contributed by atoms with Gasteiger partial charge < -0.3 is 0 Å². The first-order valence-electron chi connectivity index (χ1n) is 9.00. The number of hydrogen-bond donors (Lipinski definition) is 0. The molecule has 0 bridgehead atoms. The quantitative estimate of drug-likeness (QED) is 0.404. The predicted molar refractivity (Wildman–Crippen MR) is 108 cm³/mol. The van der Waals surface area contributed by atoms with Crippen molar-refractivity contribution in [3.05, 3.63) is 75.2 Å². The van der Waals surface area contributed by atoms with Crippen LogP contribution in [0.2, 0.25) is 0 Å². The molecule has 5 rings (SSSR count). The number of fused-ring (bicyclic) bond motifs is 4. The van der Waals surface area contributed by atoms with Crippen molar-refractivity contribution in [2.75, 3.05) is 4.90 Å². The molecule has 2 aromatic carbocycles. The van der Waals surface area contributed by atoms with Crippen molar-refractivity contribution >= 4 is 36.7 Å². The van der Waals surface area contributed by atoms with Crippen LogP contribution in [0, 0.1) is 0 Å². The molecule has 2 aliphatic rings. The van der Waals surface area contributed by atoms with E-state index in [1.807, 2.05) is 0 Å². The van der Waals surface area contributed by atoms with E-state index in [0.717, 1.165) is 10.7 Å². The molecule has 3 heterocycles. The normalized spacial score (nSPS) is 17.9. The molecule has 0 unspecified atom stereocenters. The molecule has 0 saturated heterocycles. The second-order valence-corrected chi connectivity index (χ2v) is 10.5. The van der Waals surface area contributed by atoms with Gasteiger partial charge in [0.2, 0.25) is 0 Å². The van der Waals surface area contributed by atoms with E-state index >= 15 is 0 Å². The van der Waals surface area contributed by atoms with Gasteiger partial charge in [-0.05, 0) is 0 Å². The molecule has 0 radical (unpaired) electrons. The van der Waals surface area contributed by atoms with Crippen LogP contribution in [-0.4, -0.2) is 20.8 Å². The Labute approximate surface area is 160 Å². The second kappa shape index (κ2) is 5.00. The van der Waals surface area contributed by atoms with Gasteiger partial charge in [-0.2, -0.15) is 0 Å². The molecule has 0 N–H and O–H groups in total. The van der Waals surface area contributed by atoms with E-state index in [2.05, 4.69) is 81.1 Å². The van der Waals surface area contributed by atoms with Crippen LogP contribution in [-0.2, 0) is 10.8 Å². The summed E-state index contributed by atoms with van der Waals surface area (Å²) < 4.78 is 2.26. The van der Waals surface area contributed by atoms with Gasteiger partial charge in [-0.25, -0.2) is 0 Å². The van der Waals surface area contributed by atoms with Crippen molar-refractivity contribution in [3.8, 4) is 0 Å². The molecule has 0 saturated carbocycles. The summed E-state index contributed by atoms with van der Waals surface area (Å²) in [5.41, 5.74) is 7.86. The Bertz CT molecular complexity index is 1070. The van der Waals surface area contributed by atoms with E-state index < -0.39 is 0 Å². The average molecular weight is 406 g/mol. The molecule has 0 amide bonds. The van der Waals surface area contributed by atoms with Crippen molar-refractivity contribution in [1.29, 1.82) is 0 Å². The van der Waals surface area contributed by atoms with Crippen LogP contribution in [0.1, 0.15) is 59.2 Å². The van der Waals surface area contributed by atoms with Gasteiger partial charge in [-0.1, -0.05) is 0 Å². The van der Waals surface area contributed by atoms with Gasteiger partial charge in [0.25, 0.3) is 0 Å².